The summed E-state index contributed by atoms with van der Waals surface area (Å²) in [5, 5.41) is 16.6. The van der Waals surface area contributed by atoms with Crippen molar-refractivity contribution in [2.75, 3.05) is 0 Å². The van der Waals surface area contributed by atoms with Crippen LogP contribution < -0.4 is 5.56 Å². The van der Waals surface area contributed by atoms with Crippen LogP contribution in [0.4, 0.5) is 0 Å². The van der Waals surface area contributed by atoms with Crippen molar-refractivity contribution >= 4 is 37.0 Å². The van der Waals surface area contributed by atoms with Crippen molar-refractivity contribution < 1.29 is 0 Å². The minimum absolute atomic E-state index is 0.245. The molecular weight excluding hydrogens is 358 g/mol. The fraction of sp³-hybridized carbons (Fsp3) is 0.125. The van der Waals surface area contributed by atoms with Gasteiger partial charge in [-0.15, -0.1) is 0 Å². The van der Waals surface area contributed by atoms with Gasteiger partial charge in [-0.05, 0) is 40.0 Å². The Balaban J connectivity index is 2.01. The Morgan fingerprint density at radius 1 is 1.35 bits per heavy atom. The first kappa shape index (κ1) is 14.1. The van der Waals surface area contributed by atoms with Crippen molar-refractivity contribution in [2.45, 2.75) is 12.8 Å². The number of halogens is 1. The number of rotatable bonds is 1. The molecular formula is C16H12BrN5O. The molecule has 23 heavy (non-hydrogen) atoms. The molecule has 2 heterocycles. The summed E-state index contributed by atoms with van der Waals surface area (Å²) >= 11 is 3.49. The number of aromatic nitrogens is 4. The number of benzene rings is 1. The van der Waals surface area contributed by atoms with Crippen LogP contribution in [0, 0.1) is 12.3 Å². The third-order valence-corrected chi connectivity index (χ3v) is 4.81. The van der Waals surface area contributed by atoms with E-state index in [0.717, 1.165) is 26.5 Å². The maximum absolute atomic E-state index is 12.2. The summed E-state index contributed by atoms with van der Waals surface area (Å²) in [5.41, 5.74) is 3.70. The second-order valence-corrected chi connectivity index (χ2v) is 6.34. The lowest BCUT2D eigenvalue weighted by Gasteiger charge is -2.23. The summed E-state index contributed by atoms with van der Waals surface area (Å²) in [5.74, 6) is -0.330. The molecule has 3 N–H and O–H groups in total. The summed E-state index contributed by atoms with van der Waals surface area (Å²) in [6.45, 7) is 2.00. The number of hydrogen-bond donors (Lipinski definition) is 3. The largest absolute Gasteiger partial charge is 0.313 e. The molecule has 0 fully saturated rings. The number of aromatic amines is 2. The van der Waals surface area contributed by atoms with E-state index in [1.165, 1.54) is 6.33 Å². The SMILES string of the molecule is Cc1ccc2[nH]ncc2c1C1C=C(Br)c2nc[nH]c(=O)c2C1=N. The number of H-pyrrole nitrogens is 2. The van der Waals surface area contributed by atoms with Gasteiger partial charge >= 0.3 is 0 Å². The molecule has 0 saturated carbocycles. The average molecular weight is 370 g/mol. The topological polar surface area (TPSA) is 98.3 Å². The average Bonchev–Trinajstić information content (AvgIpc) is 2.99. The molecule has 4 rings (SSSR count). The zero-order chi connectivity index (χ0) is 16.1. The Morgan fingerprint density at radius 3 is 3.00 bits per heavy atom. The van der Waals surface area contributed by atoms with Gasteiger partial charge < -0.3 is 10.4 Å². The molecule has 1 aliphatic carbocycles. The summed E-state index contributed by atoms with van der Waals surface area (Å²) < 4.78 is 0.722. The van der Waals surface area contributed by atoms with E-state index in [-0.39, 0.29) is 17.2 Å². The van der Waals surface area contributed by atoms with Crippen LogP contribution in [0.2, 0.25) is 0 Å². The molecule has 6 nitrogen and oxygen atoms in total. The Hall–Kier alpha value is -2.54. The summed E-state index contributed by atoms with van der Waals surface area (Å²) in [6.07, 6.45) is 5.04. The van der Waals surface area contributed by atoms with E-state index in [1.807, 2.05) is 25.1 Å². The number of aryl methyl sites for hydroxylation is 1. The first-order chi connectivity index (χ1) is 11.1. The van der Waals surface area contributed by atoms with Gasteiger partial charge in [0.05, 0.1) is 35.0 Å². The van der Waals surface area contributed by atoms with E-state index in [1.54, 1.807) is 6.20 Å². The number of allylic oxidation sites excluding steroid dienone is 1. The highest BCUT2D eigenvalue weighted by molar-refractivity contribution is 9.15. The van der Waals surface area contributed by atoms with Crippen LogP contribution in [0.3, 0.4) is 0 Å². The van der Waals surface area contributed by atoms with Crippen LogP contribution in [0.5, 0.6) is 0 Å². The fourth-order valence-corrected chi connectivity index (χ4v) is 3.65. The van der Waals surface area contributed by atoms with Gasteiger partial charge in [0.1, 0.15) is 0 Å². The van der Waals surface area contributed by atoms with E-state index in [4.69, 9.17) is 5.41 Å². The first-order valence-corrected chi connectivity index (χ1v) is 7.84. The molecule has 0 saturated heterocycles. The van der Waals surface area contributed by atoms with Crippen LogP contribution in [0.15, 0.2) is 35.5 Å². The zero-order valence-corrected chi connectivity index (χ0v) is 13.7. The first-order valence-electron chi connectivity index (χ1n) is 7.04. The van der Waals surface area contributed by atoms with Crippen LogP contribution in [-0.4, -0.2) is 25.9 Å². The minimum Gasteiger partial charge on any atom is -0.313 e. The van der Waals surface area contributed by atoms with E-state index < -0.39 is 0 Å². The number of nitrogens with one attached hydrogen (secondary N) is 3. The molecule has 0 aliphatic heterocycles. The van der Waals surface area contributed by atoms with Gasteiger partial charge in [0.25, 0.3) is 5.56 Å². The van der Waals surface area contributed by atoms with E-state index >= 15 is 0 Å². The Labute approximate surface area is 139 Å². The normalized spacial score (nSPS) is 17.2. The second-order valence-electron chi connectivity index (χ2n) is 5.49. The molecule has 0 bridgehead atoms. The molecule has 0 radical (unpaired) electrons. The summed E-state index contributed by atoms with van der Waals surface area (Å²) in [4.78, 5) is 18.9. The molecule has 0 amide bonds. The van der Waals surface area contributed by atoms with Gasteiger partial charge in [-0.1, -0.05) is 12.1 Å². The van der Waals surface area contributed by atoms with Gasteiger partial charge in [-0.2, -0.15) is 5.10 Å². The Kier molecular flexibility index (Phi) is 3.05. The van der Waals surface area contributed by atoms with Crippen LogP contribution in [-0.2, 0) is 0 Å². The molecule has 114 valence electrons. The van der Waals surface area contributed by atoms with Gasteiger partial charge in [-0.25, -0.2) is 4.98 Å². The minimum atomic E-state index is -0.330. The van der Waals surface area contributed by atoms with Crippen LogP contribution in [0.25, 0.3) is 15.4 Å². The molecule has 1 atom stereocenters. The maximum Gasteiger partial charge on any atom is 0.260 e. The van der Waals surface area contributed by atoms with Crippen molar-refractivity contribution in [2.24, 2.45) is 0 Å². The van der Waals surface area contributed by atoms with Crippen molar-refractivity contribution in [3.05, 3.63) is 63.5 Å². The fourth-order valence-electron chi connectivity index (χ4n) is 3.08. The summed E-state index contributed by atoms with van der Waals surface area (Å²) in [7, 11) is 0. The highest BCUT2D eigenvalue weighted by atomic mass is 79.9. The second kappa shape index (κ2) is 4.99. The monoisotopic (exact) mass is 369 g/mol. The quantitative estimate of drug-likeness (QED) is 0.614. The predicted molar refractivity (Wildman–Crippen MR) is 92.2 cm³/mol. The van der Waals surface area contributed by atoms with Crippen molar-refractivity contribution in [3.63, 3.8) is 0 Å². The smallest absolute Gasteiger partial charge is 0.260 e. The van der Waals surface area contributed by atoms with Crippen molar-refractivity contribution in [1.82, 2.24) is 20.2 Å². The van der Waals surface area contributed by atoms with Crippen molar-refractivity contribution in [3.8, 4) is 0 Å². The molecule has 1 aliphatic rings. The van der Waals surface area contributed by atoms with Crippen LogP contribution in [0.1, 0.15) is 28.3 Å². The Morgan fingerprint density at radius 2 is 2.17 bits per heavy atom. The van der Waals surface area contributed by atoms with E-state index in [0.29, 0.717) is 11.3 Å². The van der Waals surface area contributed by atoms with Crippen LogP contribution >= 0.6 is 15.9 Å². The standard InChI is InChI=1S/C16H12BrN5O/c1-7-2-3-11-9(5-21-22-11)12(7)8-4-10(17)15-13(14(8)18)16(23)20-6-19-15/h2-6,8,18H,1H3,(H,21,22)(H,19,20,23). The van der Waals surface area contributed by atoms with Gasteiger partial charge in [0, 0.05) is 15.8 Å². The third-order valence-electron chi connectivity index (χ3n) is 4.17. The number of nitrogens with zero attached hydrogens (tertiary/aromatic N) is 2. The van der Waals surface area contributed by atoms with Gasteiger partial charge in [-0.3, -0.25) is 9.89 Å². The Bertz CT molecular complexity index is 1050. The van der Waals surface area contributed by atoms with Crippen molar-refractivity contribution in [1.29, 1.82) is 5.41 Å². The molecule has 3 aromatic rings. The van der Waals surface area contributed by atoms with Gasteiger partial charge in [0.2, 0.25) is 0 Å². The molecule has 1 aromatic carbocycles. The highest BCUT2D eigenvalue weighted by Crippen LogP contribution is 2.38. The molecule has 1 unspecified atom stereocenters. The lowest BCUT2D eigenvalue weighted by molar-refractivity contribution is 1.03. The molecule has 2 aromatic heterocycles. The number of fused-ring (bicyclic) bond motifs is 2. The molecule has 0 spiro atoms. The molecule has 7 heteroatoms. The zero-order valence-electron chi connectivity index (χ0n) is 12.1. The highest BCUT2D eigenvalue weighted by Gasteiger charge is 2.30. The van der Waals surface area contributed by atoms with E-state index in [2.05, 4.69) is 36.1 Å². The third kappa shape index (κ3) is 2.00. The number of hydrogen-bond acceptors (Lipinski definition) is 4. The van der Waals surface area contributed by atoms with E-state index in [9.17, 15) is 4.79 Å². The summed E-state index contributed by atoms with van der Waals surface area (Å²) in [6, 6.07) is 3.96. The van der Waals surface area contributed by atoms with Gasteiger partial charge in [0.15, 0.2) is 0 Å². The lowest BCUT2D eigenvalue weighted by atomic mass is 9.82. The maximum atomic E-state index is 12.2. The predicted octanol–water partition coefficient (Wildman–Crippen LogP) is 2.86. The lowest BCUT2D eigenvalue weighted by Crippen LogP contribution is -2.27.